The summed E-state index contributed by atoms with van der Waals surface area (Å²) in [6.07, 6.45) is 1.93. The topological polar surface area (TPSA) is 88.1 Å². The Bertz CT molecular complexity index is 491. The van der Waals surface area contributed by atoms with Crippen molar-refractivity contribution in [3.8, 4) is 11.8 Å². The van der Waals surface area contributed by atoms with Crippen molar-refractivity contribution in [3.05, 3.63) is 36.4 Å². The summed E-state index contributed by atoms with van der Waals surface area (Å²) in [4.78, 5) is 11.8. The molecule has 1 aromatic carbocycles. The van der Waals surface area contributed by atoms with E-state index in [1.54, 1.807) is 24.3 Å². The molecule has 0 fully saturated rings. The lowest BCUT2D eigenvalue weighted by Crippen LogP contribution is -2.35. The van der Waals surface area contributed by atoms with Gasteiger partial charge in [-0.2, -0.15) is 5.26 Å². The Kier molecular flexibility index (Phi) is 4.90. The summed E-state index contributed by atoms with van der Waals surface area (Å²) in [6, 6.07) is 6.23. The third-order valence-corrected chi connectivity index (χ3v) is 2.37. The lowest BCUT2D eigenvalue weighted by Gasteiger charge is -2.14. The van der Waals surface area contributed by atoms with Crippen LogP contribution in [0, 0.1) is 11.3 Å². The number of rotatable bonds is 5. The minimum Gasteiger partial charge on any atom is -0.495 e. The van der Waals surface area contributed by atoms with Gasteiger partial charge in [0.05, 0.1) is 18.7 Å². The van der Waals surface area contributed by atoms with E-state index in [1.165, 1.54) is 7.11 Å². The number of nitrogens with two attached hydrogens (primary N) is 1. The van der Waals surface area contributed by atoms with Crippen LogP contribution >= 0.6 is 0 Å². The van der Waals surface area contributed by atoms with Crippen LogP contribution in [0.2, 0.25) is 0 Å². The molecular formula is C13H15N3O2. The van der Waals surface area contributed by atoms with Crippen molar-refractivity contribution in [3.63, 3.8) is 0 Å². The SMILES string of the molecule is C=CCC(N)C(=O)Nc1c(C#N)cccc1OC. The average molecular weight is 245 g/mol. The second kappa shape index (κ2) is 6.42. The Balaban J connectivity index is 2.99. The number of nitriles is 1. The molecule has 5 heteroatoms. The van der Waals surface area contributed by atoms with Gasteiger partial charge in [0.1, 0.15) is 17.5 Å². The summed E-state index contributed by atoms with van der Waals surface area (Å²) in [5.74, 6) is 0.0455. The van der Waals surface area contributed by atoms with E-state index >= 15 is 0 Å². The lowest BCUT2D eigenvalue weighted by atomic mass is 10.1. The number of nitrogens with zero attached hydrogens (tertiary/aromatic N) is 1. The van der Waals surface area contributed by atoms with Gasteiger partial charge in [0, 0.05) is 0 Å². The second-order valence-electron chi connectivity index (χ2n) is 3.61. The monoisotopic (exact) mass is 245 g/mol. The highest BCUT2D eigenvalue weighted by molar-refractivity contribution is 5.97. The van der Waals surface area contributed by atoms with Crippen molar-refractivity contribution in [1.82, 2.24) is 0 Å². The van der Waals surface area contributed by atoms with Crippen LogP contribution in [0.25, 0.3) is 0 Å². The molecule has 1 unspecified atom stereocenters. The highest BCUT2D eigenvalue weighted by Crippen LogP contribution is 2.27. The van der Waals surface area contributed by atoms with Crippen LogP contribution in [-0.4, -0.2) is 19.1 Å². The van der Waals surface area contributed by atoms with Gasteiger partial charge in [0.25, 0.3) is 0 Å². The molecule has 1 amide bonds. The summed E-state index contributed by atoms with van der Waals surface area (Å²) in [7, 11) is 1.47. The third-order valence-electron chi connectivity index (χ3n) is 2.37. The zero-order valence-electron chi connectivity index (χ0n) is 10.1. The Hall–Kier alpha value is -2.32. The first-order valence-corrected chi connectivity index (χ1v) is 5.38. The number of carbonyl (C=O) groups is 1. The average Bonchev–Trinajstić information content (AvgIpc) is 2.39. The van der Waals surface area contributed by atoms with Crippen LogP contribution in [0.1, 0.15) is 12.0 Å². The van der Waals surface area contributed by atoms with Crippen molar-refractivity contribution in [1.29, 1.82) is 5.26 Å². The predicted octanol–water partition coefficient (Wildman–Crippen LogP) is 1.41. The van der Waals surface area contributed by atoms with Crippen LogP contribution < -0.4 is 15.8 Å². The number of carbonyl (C=O) groups excluding carboxylic acids is 1. The number of hydrogen-bond donors (Lipinski definition) is 2. The predicted molar refractivity (Wildman–Crippen MR) is 69.1 cm³/mol. The van der Waals surface area contributed by atoms with Gasteiger partial charge in [-0.1, -0.05) is 12.1 Å². The standard InChI is InChI=1S/C13H15N3O2/c1-3-5-10(15)13(17)16-12-9(8-14)6-4-7-11(12)18-2/h3-4,6-7,10H,1,5,15H2,2H3,(H,16,17). The van der Waals surface area contributed by atoms with Crippen LogP contribution in [-0.2, 0) is 4.79 Å². The fraction of sp³-hybridized carbons (Fsp3) is 0.231. The van der Waals surface area contributed by atoms with Crippen molar-refractivity contribution < 1.29 is 9.53 Å². The smallest absolute Gasteiger partial charge is 0.241 e. The molecule has 5 nitrogen and oxygen atoms in total. The molecule has 0 bridgehead atoms. The molecule has 1 atom stereocenters. The molecule has 0 aliphatic heterocycles. The van der Waals surface area contributed by atoms with E-state index in [-0.39, 0.29) is 5.91 Å². The van der Waals surface area contributed by atoms with Gasteiger partial charge in [-0.25, -0.2) is 0 Å². The van der Waals surface area contributed by atoms with E-state index in [0.29, 0.717) is 23.4 Å². The molecule has 0 aliphatic carbocycles. The molecule has 1 aromatic rings. The Morgan fingerprint density at radius 3 is 3.00 bits per heavy atom. The fourth-order valence-corrected chi connectivity index (χ4v) is 1.43. The molecule has 0 heterocycles. The minimum atomic E-state index is -0.695. The van der Waals surface area contributed by atoms with Gasteiger partial charge < -0.3 is 15.8 Å². The summed E-state index contributed by atoms with van der Waals surface area (Å²) in [5.41, 5.74) is 6.32. The van der Waals surface area contributed by atoms with Gasteiger partial charge in [-0.3, -0.25) is 4.79 Å². The van der Waals surface area contributed by atoms with Crippen molar-refractivity contribution in [2.75, 3.05) is 12.4 Å². The minimum absolute atomic E-state index is 0.327. The summed E-state index contributed by atoms with van der Waals surface area (Å²) in [6.45, 7) is 3.52. The molecule has 1 rings (SSSR count). The molecule has 0 aromatic heterocycles. The highest BCUT2D eigenvalue weighted by atomic mass is 16.5. The van der Waals surface area contributed by atoms with E-state index in [0.717, 1.165) is 0 Å². The maximum absolute atomic E-state index is 11.8. The van der Waals surface area contributed by atoms with E-state index in [4.69, 9.17) is 15.7 Å². The molecule has 3 N–H and O–H groups in total. The normalized spacial score (nSPS) is 11.2. The zero-order valence-corrected chi connectivity index (χ0v) is 10.1. The molecule has 0 saturated heterocycles. The number of ether oxygens (including phenoxy) is 1. The number of benzene rings is 1. The number of nitrogens with one attached hydrogen (secondary N) is 1. The van der Waals surface area contributed by atoms with Crippen molar-refractivity contribution in [2.45, 2.75) is 12.5 Å². The Morgan fingerprint density at radius 2 is 2.44 bits per heavy atom. The molecular weight excluding hydrogens is 230 g/mol. The molecule has 18 heavy (non-hydrogen) atoms. The summed E-state index contributed by atoms with van der Waals surface area (Å²) in [5, 5.41) is 11.6. The molecule has 0 aliphatic rings. The number of para-hydroxylation sites is 1. The number of anilines is 1. The van der Waals surface area contributed by atoms with Gasteiger partial charge in [-0.15, -0.1) is 6.58 Å². The van der Waals surface area contributed by atoms with Crippen LogP contribution in [0.15, 0.2) is 30.9 Å². The van der Waals surface area contributed by atoms with Crippen molar-refractivity contribution in [2.24, 2.45) is 5.73 Å². The Labute approximate surface area is 106 Å². The van der Waals surface area contributed by atoms with Crippen LogP contribution in [0.4, 0.5) is 5.69 Å². The van der Waals surface area contributed by atoms with E-state index < -0.39 is 6.04 Å². The summed E-state index contributed by atoms with van der Waals surface area (Å²) >= 11 is 0. The molecule has 0 radical (unpaired) electrons. The van der Waals surface area contributed by atoms with Crippen LogP contribution in [0.5, 0.6) is 5.75 Å². The first-order valence-electron chi connectivity index (χ1n) is 5.38. The number of hydrogen-bond acceptors (Lipinski definition) is 4. The number of amides is 1. The van der Waals surface area contributed by atoms with Gasteiger partial charge in [0.2, 0.25) is 5.91 Å². The second-order valence-corrected chi connectivity index (χ2v) is 3.61. The third kappa shape index (κ3) is 3.09. The largest absolute Gasteiger partial charge is 0.495 e. The van der Waals surface area contributed by atoms with E-state index in [9.17, 15) is 4.79 Å². The molecule has 0 spiro atoms. The maximum Gasteiger partial charge on any atom is 0.241 e. The van der Waals surface area contributed by atoms with E-state index in [1.807, 2.05) is 6.07 Å². The molecule has 0 saturated carbocycles. The Morgan fingerprint density at radius 1 is 1.72 bits per heavy atom. The fourth-order valence-electron chi connectivity index (χ4n) is 1.43. The van der Waals surface area contributed by atoms with E-state index in [2.05, 4.69) is 11.9 Å². The van der Waals surface area contributed by atoms with Gasteiger partial charge >= 0.3 is 0 Å². The number of methoxy groups -OCH3 is 1. The summed E-state index contributed by atoms with van der Waals surface area (Å²) < 4.78 is 5.10. The van der Waals surface area contributed by atoms with Gasteiger partial charge in [-0.05, 0) is 18.6 Å². The van der Waals surface area contributed by atoms with Crippen molar-refractivity contribution >= 4 is 11.6 Å². The molecule has 94 valence electrons. The lowest BCUT2D eigenvalue weighted by molar-refractivity contribution is -0.117. The van der Waals surface area contributed by atoms with Crippen LogP contribution in [0.3, 0.4) is 0 Å². The first kappa shape index (κ1) is 13.7. The first-order chi connectivity index (χ1) is 8.63. The quantitative estimate of drug-likeness (QED) is 0.768. The highest BCUT2D eigenvalue weighted by Gasteiger charge is 2.16. The zero-order chi connectivity index (χ0) is 13.5. The maximum atomic E-state index is 11.8. The van der Waals surface area contributed by atoms with Gasteiger partial charge in [0.15, 0.2) is 0 Å².